The van der Waals surface area contributed by atoms with Gasteiger partial charge < -0.3 is 34.4 Å². The molecule has 0 aliphatic carbocycles. The highest BCUT2D eigenvalue weighted by Crippen LogP contribution is 2.54. The molecule has 0 aromatic heterocycles. The van der Waals surface area contributed by atoms with E-state index in [4.69, 9.17) is 13.8 Å². The Morgan fingerprint density at radius 1 is 0.886 bits per heavy atom. The Balaban J connectivity index is 1.91. The molecule has 0 bridgehead atoms. The van der Waals surface area contributed by atoms with Crippen LogP contribution in [0.5, 0.6) is 11.5 Å². The summed E-state index contributed by atoms with van der Waals surface area (Å²) in [4.78, 5) is 41.7. The number of benzene rings is 2. The van der Waals surface area contributed by atoms with Crippen molar-refractivity contribution >= 4 is 25.5 Å². The number of nitrogens with zero attached hydrogens (tertiary/aromatic N) is 1. The van der Waals surface area contributed by atoms with Crippen molar-refractivity contribution in [3.8, 4) is 11.5 Å². The number of aliphatic hydroxyl groups is 1. The van der Waals surface area contributed by atoms with Crippen LogP contribution in [0.4, 0.5) is 4.79 Å². The number of alkyl carbamates (subject to hydrolysis) is 1. The topological polar surface area (TPSA) is 144 Å². The van der Waals surface area contributed by atoms with Gasteiger partial charge in [-0.1, -0.05) is 71.0 Å². The Morgan fingerprint density at radius 2 is 1.39 bits per heavy atom. The van der Waals surface area contributed by atoms with Crippen molar-refractivity contribution in [2.45, 2.75) is 91.4 Å². The van der Waals surface area contributed by atoms with E-state index >= 15 is 0 Å². The predicted molar refractivity (Wildman–Crippen MR) is 167 cm³/mol. The minimum atomic E-state index is -4.14. The number of likely N-dealkylation sites (tertiary alicyclic amines) is 1. The first-order chi connectivity index (χ1) is 20.4. The van der Waals surface area contributed by atoms with Crippen LogP contribution in [0, 0.1) is 11.3 Å². The van der Waals surface area contributed by atoms with Crippen LogP contribution in [0.3, 0.4) is 0 Å². The summed E-state index contributed by atoms with van der Waals surface area (Å²) in [6.07, 6.45) is -1.81. The average molecular weight is 632 g/mol. The Kier molecular flexibility index (Phi) is 11.1. The first-order valence-electron chi connectivity index (χ1n) is 14.8. The minimum absolute atomic E-state index is 0.0466. The van der Waals surface area contributed by atoms with Gasteiger partial charge >= 0.3 is 13.7 Å². The molecule has 3 rings (SSSR count). The zero-order valence-corrected chi connectivity index (χ0v) is 27.7. The Labute approximate surface area is 260 Å². The monoisotopic (exact) mass is 631 g/mol. The van der Waals surface area contributed by atoms with Crippen molar-refractivity contribution in [1.29, 1.82) is 0 Å². The summed E-state index contributed by atoms with van der Waals surface area (Å²) in [5.41, 5.74) is -1.54. The second-order valence-electron chi connectivity index (χ2n) is 13.4. The zero-order chi connectivity index (χ0) is 32.9. The third kappa shape index (κ3) is 9.47. The lowest BCUT2D eigenvalue weighted by molar-refractivity contribution is -0.142. The molecule has 11 nitrogen and oxygen atoms in total. The number of carbonyl (C=O) groups is 3. The number of hydrogen-bond acceptors (Lipinski definition) is 8. The smallest absolute Gasteiger partial charge is 0.444 e. The molecule has 44 heavy (non-hydrogen) atoms. The van der Waals surface area contributed by atoms with Crippen LogP contribution in [0.25, 0.3) is 0 Å². The third-order valence-corrected chi connectivity index (χ3v) is 9.19. The number of β-amino-alcohol motifs (C(OH)–C–C–N with tert-alkyl or cyclic N) is 1. The van der Waals surface area contributed by atoms with Crippen molar-refractivity contribution < 1.29 is 37.8 Å². The van der Waals surface area contributed by atoms with Gasteiger partial charge in [0.25, 0.3) is 0 Å². The fourth-order valence-corrected chi connectivity index (χ4v) is 6.90. The van der Waals surface area contributed by atoms with Crippen molar-refractivity contribution in [2.24, 2.45) is 11.3 Å². The SMILES string of the molecule is CC(C)C(NC(=O)[C@@H]1C[C@H](O)CN1C(=O)[C@@H](NC(=O)OC(C)(C)C)C(C)(C)C)P(=O)(Oc1ccccc1)Oc1ccccc1. The molecule has 1 fully saturated rings. The maximum atomic E-state index is 14.5. The second-order valence-corrected chi connectivity index (χ2v) is 15.4. The summed E-state index contributed by atoms with van der Waals surface area (Å²) in [5, 5.41) is 16.1. The van der Waals surface area contributed by atoms with E-state index in [1.807, 2.05) is 0 Å². The lowest BCUT2D eigenvalue weighted by atomic mass is 9.85. The van der Waals surface area contributed by atoms with Crippen molar-refractivity contribution in [1.82, 2.24) is 15.5 Å². The highest BCUT2D eigenvalue weighted by molar-refractivity contribution is 7.55. The van der Waals surface area contributed by atoms with E-state index in [9.17, 15) is 24.1 Å². The number of para-hydroxylation sites is 2. The molecule has 1 heterocycles. The van der Waals surface area contributed by atoms with Gasteiger partial charge in [0.05, 0.1) is 6.10 Å². The van der Waals surface area contributed by atoms with Crippen LogP contribution in [0.15, 0.2) is 60.7 Å². The van der Waals surface area contributed by atoms with Crippen LogP contribution in [-0.4, -0.2) is 64.0 Å². The fraction of sp³-hybridized carbons (Fsp3) is 0.531. The Bertz CT molecular complexity index is 1280. The molecule has 0 spiro atoms. The maximum absolute atomic E-state index is 14.5. The van der Waals surface area contributed by atoms with E-state index in [0.29, 0.717) is 11.5 Å². The number of carbonyl (C=O) groups excluding carboxylic acids is 3. The molecule has 3 N–H and O–H groups in total. The van der Waals surface area contributed by atoms with Gasteiger partial charge in [0, 0.05) is 13.0 Å². The van der Waals surface area contributed by atoms with Gasteiger partial charge in [0.2, 0.25) is 11.8 Å². The summed E-state index contributed by atoms with van der Waals surface area (Å²) in [6, 6.07) is 14.9. The van der Waals surface area contributed by atoms with Crippen molar-refractivity contribution in [3.63, 3.8) is 0 Å². The summed E-state index contributed by atoms with van der Waals surface area (Å²) < 4.78 is 31.9. The molecule has 0 saturated carbocycles. The van der Waals surface area contributed by atoms with E-state index < -0.39 is 66.4 Å². The quantitative estimate of drug-likeness (QED) is 0.299. The minimum Gasteiger partial charge on any atom is -0.444 e. The highest BCUT2D eigenvalue weighted by atomic mass is 31.2. The number of rotatable bonds is 10. The summed E-state index contributed by atoms with van der Waals surface area (Å²) in [7, 11) is -4.14. The molecular weight excluding hydrogens is 585 g/mol. The normalized spacial score (nSPS) is 18.7. The van der Waals surface area contributed by atoms with E-state index in [0.717, 1.165) is 0 Å². The molecule has 3 amide bonds. The summed E-state index contributed by atoms with van der Waals surface area (Å²) >= 11 is 0. The van der Waals surface area contributed by atoms with E-state index in [1.165, 1.54) is 4.90 Å². The first-order valence-corrected chi connectivity index (χ1v) is 16.4. The molecule has 1 aliphatic rings. The predicted octanol–water partition coefficient (Wildman–Crippen LogP) is 5.34. The van der Waals surface area contributed by atoms with Crippen LogP contribution in [-0.2, 0) is 18.9 Å². The van der Waals surface area contributed by atoms with Crippen LogP contribution in [0.2, 0.25) is 0 Å². The maximum Gasteiger partial charge on any atom is 0.453 e. The summed E-state index contributed by atoms with van der Waals surface area (Å²) in [5.74, 6) is -2.15. The van der Waals surface area contributed by atoms with Gasteiger partial charge in [-0.2, -0.15) is 0 Å². The number of nitrogens with one attached hydrogen (secondary N) is 2. The zero-order valence-electron chi connectivity index (χ0n) is 26.8. The molecule has 1 unspecified atom stereocenters. The molecule has 2 aromatic carbocycles. The molecular formula is C32H46N3O8P. The van der Waals surface area contributed by atoms with Crippen LogP contribution in [0.1, 0.15) is 61.8 Å². The van der Waals surface area contributed by atoms with Gasteiger partial charge in [0.1, 0.15) is 29.2 Å². The lowest BCUT2D eigenvalue weighted by Gasteiger charge is -2.36. The van der Waals surface area contributed by atoms with Gasteiger partial charge in [-0.3, -0.25) is 9.59 Å². The molecule has 1 saturated heterocycles. The molecule has 4 atom stereocenters. The molecule has 12 heteroatoms. The fourth-order valence-electron chi connectivity index (χ4n) is 4.79. The second kappa shape index (κ2) is 14.0. The third-order valence-electron chi connectivity index (χ3n) is 6.85. The average Bonchev–Trinajstić information content (AvgIpc) is 3.31. The highest BCUT2D eigenvalue weighted by Gasteiger charge is 2.48. The van der Waals surface area contributed by atoms with Crippen molar-refractivity contribution in [3.05, 3.63) is 60.7 Å². The molecule has 1 aliphatic heterocycles. The first kappa shape index (κ1) is 34.9. The van der Waals surface area contributed by atoms with Crippen LogP contribution >= 0.6 is 7.60 Å². The lowest BCUT2D eigenvalue weighted by Crippen LogP contribution is -2.59. The standard InChI is InChI=1S/C32H46N3O8P/c1-21(2)28(44(40,42-23-15-11-9-12-16-23)43-24-17-13-10-14-18-24)34-27(37)25-19-22(36)20-35(25)29(38)26(31(3,4)5)33-30(39)41-32(6,7)8/h9-18,21-22,25-26,28,36H,19-20H2,1-8H3,(H,33,39)(H,34,37)/t22-,25-,26+,28?/m0/s1. The molecule has 0 radical (unpaired) electrons. The number of hydrogen-bond donors (Lipinski definition) is 3. The van der Waals surface area contributed by atoms with E-state index in [2.05, 4.69) is 10.6 Å². The van der Waals surface area contributed by atoms with E-state index in [1.54, 1.807) is 116 Å². The van der Waals surface area contributed by atoms with Crippen LogP contribution < -0.4 is 19.7 Å². The number of amides is 3. The Morgan fingerprint density at radius 3 is 1.82 bits per heavy atom. The molecule has 2 aromatic rings. The largest absolute Gasteiger partial charge is 0.453 e. The number of ether oxygens (including phenoxy) is 1. The van der Waals surface area contributed by atoms with Gasteiger partial charge in [0.15, 0.2) is 5.78 Å². The molecule has 242 valence electrons. The van der Waals surface area contributed by atoms with Crippen molar-refractivity contribution in [2.75, 3.05) is 6.54 Å². The van der Waals surface area contributed by atoms with Gasteiger partial charge in [-0.25, -0.2) is 9.36 Å². The van der Waals surface area contributed by atoms with Gasteiger partial charge in [-0.15, -0.1) is 0 Å². The van der Waals surface area contributed by atoms with Gasteiger partial charge in [-0.05, 0) is 56.4 Å². The number of aliphatic hydroxyl groups excluding tert-OH is 1. The van der Waals surface area contributed by atoms with E-state index in [-0.39, 0.29) is 13.0 Å². The summed E-state index contributed by atoms with van der Waals surface area (Å²) in [6.45, 7) is 13.9. The Hall–Kier alpha value is -3.56.